The fourth-order valence-electron chi connectivity index (χ4n) is 2.75. The Morgan fingerprint density at radius 1 is 1.16 bits per heavy atom. The number of rotatable bonds is 5. The molecule has 4 aromatic rings. The third-order valence-electron chi connectivity index (χ3n) is 3.96. The number of carboxylic acids is 1. The molecule has 0 aliphatic rings. The molecule has 0 radical (unpaired) electrons. The van der Waals surface area contributed by atoms with E-state index in [2.05, 4.69) is 25.6 Å². The standard InChI is InChI=1S/C16H14N6O3/c1-25-9-2-4-11-13(8-9)20-22(19-11)14-6-5-12-16(18-21-17-12)10(14)3-7-15(23)24/h2,4-6,8H,3,7H2,1H3,(H,23,24)(H,17,18,21). The van der Waals surface area contributed by atoms with Crippen molar-refractivity contribution in [3.8, 4) is 11.4 Å². The normalized spacial score (nSPS) is 11.2. The van der Waals surface area contributed by atoms with Crippen molar-refractivity contribution in [3.63, 3.8) is 0 Å². The zero-order chi connectivity index (χ0) is 17.4. The number of aliphatic carboxylic acids is 1. The van der Waals surface area contributed by atoms with E-state index in [1.54, 1.807) is 19.2 Å². The van der Waals surface area contributed by atoms with Crippen LogP contribution in [0.5, 0.6) is 5.75 Å². The number of aromatic nitrogens is 6. The largest absolute Gasteiger partial charge is 0.497 e. The van der Waals surface area contributed by atoms with Crippen molar-refractivity contribution in [2.24, 2.45) is 0 Å². The predicted octanol–water partition coefficient (Wildman–Crippen LogP) is 1.72. The van der Waals surface area contributed by atoms with Gasteiger partial charge in [0.2, 0.25) is 0 Å². The summed E-state index contributed by atoms with van der Waals surface area (Å²) in [5.41, 5.74) is 4.10. The van der Waals surface area contributed by atoms with E-state index in [0.717, 1.165) is 5.56 Å². The van der Waals surface area contributed by atoms with Crippen molar-refractivity contribution in [1.29, 1.82) is 0 Å². The van der Waals surface area contributed by atoms with E-state index in [-0.39, 0.29) is 6.42 Å². The first-order valence-corrected chi connectivity index (χ1v) is 7.61. The van der Waals surface area contributed by atoms with Gasteiger partial charge in [-0.05, 0) is 30.7 Å². The van der Waals surface area contributed by atoms with Gasteiger partial charge in [-0.25, -0.2) is 0 Å². The van der Waals surface area contributed by atoms with Crippen LogP contribution in [0.1, 0.15) is 12.0 Å². The highest BCUT2D eigenvalue weighted by atomic mass is 16.5. The van der Waals surface area contributed by atoms with Crippen molar-refractivity contribution in [1.82, 2.24) is 30.4 Å². The molecule has 0 saturated heterocycles. The maximum atomic E-state index is 11.0. The second kappa shape index (κ2) is 5.86. The second-order valence-electron chi connectivity index (χ2n) is 5.49. The van der Waals surface area contributed by atoms with Crippen LogP contribution in [0.3, 0.4) is 0 Å². The molecule has 2 N–H and O–H groups in total. The van der Waals surface area contributed by atoms with Gasteiger partial charge in [-0.2, -0.15) is 20.2 Å². The van der Waals surface area contributed by atoms with E-state index in [1.807, 2.05) is 18.2 Å². The predicted molar refractivity (Wildman–Crippen MR) is 88.8 cm³/mol. The number of carbonyl (C=O) groups is 1. The Morgan fingerprint density at radius 2 is 1.96 bits per heavy atom. The number of aryl methyl sites for hydroxylation is 1. The van der Waals surface area contributed by atoms with Crippen molar-refractivity contribution >= 4 is 28.0 Å². The summed E-state index contributed by atoms with van der Waals surface area (Å²) in [5.74, 6) is -0.188. The van der Waals surface area contributed by atoms with Crippen LogP contribution >= 0.6 is 0 Å². The lowest BCUT2D eigenvalue weighted by Gasteiger charge is -2.07. The molecule has 126 valence electrons. The van der Waals surface area contributed by atoms with Crippen LogP contribution in [0.2, 0.25) is 0 Å². The molecule has 25 heavy (non-hydrogen) atoms. The monoisotopic (exact) mass is 338 g/mol. The Balaban J connectivity index is 1.87. The van der Waals surface area contributed by atoms with Gasteiger partial charge in [-0.1, -0.05) is 0 Å². The molecule has 0 atom stereocenters. The zero-order valence-electron chi connectivity index (χ0n) is 13.3. The van der Waals surface area contributed by atoms with Crippen molar-refractivity contribution < 1.29 is 14.6 Å². The van der Waals surface area contributed by atoms with Crippen LogP contribution in [0.4, 0.5) is 0 Å². The lowest BCUT2D eigenvalue weighted by atomic mass is 10.1. The lowest BCUT2D eigenvalue weighted by Crippen LogP contribution is -2.06. The number of hydrogen-bond acceptors (Lipinski definition) is 6. The smallest absolute Gasteiger partial charge is 0.303 e. The highest BCUT2D eigenvalue weighted by Crippen LogP contribution is 2.25. The molecule has 0 bridgehead atoms. The van der Waals surface area contributed by atoms with Crippen LogP contribution < -0.4 is 4.74 Å². The fourth-order valence-corrected chi connectivity index (χ4v) is 2.75. The lowest BCUT2D eigenvalue weighted by molar-refractivity contribution is -0.136. The van der Waals surface area contributed by atoms with Crippen molar-refractivity contribution in [2.45, 2.75) is 12.8 Å². The Hall–Kier alpha value is -3.49. The number of carboxylic acid groups (broad SMARTS) is 1. The van der Waals surface area contributed by atoms with E-state index >= 15 is 0 Å². The number of ether oxygens (including phenoxy) is 1. The Bertz CT molecular complexity index is 1080. The minimum absolute atomic E-state index is 0.0203. The number of benzene rings is 2. The van der Waals surface area contributed by atoms with E-state index in [4.69, 9.17) is 9.84 Å². The molecule has 0 fully saturated rings. The van der Waals surface area contributed by atoms with Crippen LogP contribution in [0.25, 0.3) is 27.8 Å². The number of methoxy groups -OCH3 is 1. The van der Waals surface area contributed by atoms with Gasteiger partial charge in [0.05, 0.1) is 12.8 Å². The van der Waals surface area contributed by atoms with Crippen LogP contribution in [0, 0.1) is 0 Å². The van der Waals surface area contributed by atoms with Gasteiger partial charge in [0.25, 0.3) is 0 Å². The summed E-state index contributed by atoms with van der Waals surface area (Å²) in [6.45, 7) is 0. The third kappa shape index (κ3) is 2.65. The number of nitrogens with zero attached hydrogens (tertiary/aromatic N) is 5. The van der Waals surface area contributed by atoms with Gasteiger partial charge in [-0.15, -0.1) is 10.2 Å². The Morgan fingerprint density at radius 3 is 2.76 bits per heavy atom. The van der Waals surface area contributed by atoms with E-state index in [0.29, 0.717) is 39.9 Å². The van der Waals surface area contributed by atoms with Crippen LogP contribution in [0.15, 0.2) is 30.3 Å². The average molecular weight is 338 g/mol. The number of hydrogen-bond donors (Lipinski definition) is 2. The fraction of sp³-hybridized carbons (Fsp3) is 0.188. The summed E-state index contributed by atoms with van der Waals surface area (Å²) in [4.78, 5) is 12.5. The average Bonchev–Trinajstić information content (AvgIpc) is 3.24. The zero-order valence-corrected chi connectivity index (χ0v) is 13.3. The molecular weight excluding hydrogens is 324 g/mol. The molecule has 4 rings (SSSR count). The van der Waals surface area contributed by atoms with E-state index < -0.39 is 5.97 Å². The van der Waals surface area contributed by atoms with Gasteiger partial charge < -0.3 is 9.84 Å². The minimum Gasteiger partial charge on any atom is -0.497 e. The first-order valence-electron chi connectivity index (χ1n) is 7.61. The molecule has 0 spiro atoms. The number of H-pyrrole nitrogens is 1. The third-order valence-corrected chi connectivity index (χ3v) is 3.96. The molecule has 9 nitrogen and oxygen atoms in total. The van der Waals surface area contributed by atoms with Gasteiger partial charge in [0.1, 0.15) is 27.8 Å². The molecule has 0 aliphatic heterocycles. The van der Waals surface area contributed by atoms with Gasteiger partial charge in [0, 0.05) is 18.1 Å². The molecular formula is C16H14N6O3. The molecule has 0 unspecified atom stereocenters. The van der Waals surface area contributed by atoms with Crippen molar-refractivity contribution in [2.75, 3.05) is 7.11 Å². The number of fused-ring (bicyclic) bond motifs is 2. The summed E-state index contributed by atoms with van der Waals surface area (Å²) < 4.78 is 5.21. The summed E-state index contributed by atoms with van der Waals surface area (Å²) in [6, 6.07) is 9.05. The van der Waals surface area contributed by atoms with E-state index in [9.17, 15) is 4.79 Å². The van der Waals surface area contributed by atoms with Crippen molar-refractivity contribution in [3.05, 3.63) is 35.9 Å². The molecule has 2 heterocycles. The number of nitrogens with one attached hydrogen (secondary N) is 1. The summed E-state index contributed by atoms with van der Waals surface area (Å²) in [5, 5.41) is 28.8. The highest BCUT2D eigenvalue weighted by molar-refractivity contribution is 5.82. The highest BCUT2D eigenvalue weighted by Gasteiger charge is 2.16. The summed E-state index contributed by atoms with van der Waals surface area (Å²) >= 11 is 0. The van der Waals surface area contributed by atoms with Gasteiger partial charge in [0.15, 0.2) is 0 Å². The summed E-state index contributed by atoms with van der Waals surface area (Å²) in [7, 11) is 1.59. The van der Waals surface area contributed by atoms with Gasteiger partial charge >= 0.3 is 5.97 Å². The first kappa shape index (κ1) is 15.1. The maximum Gasteiger partial charge on any atom is 0.303 e. The molecule has 2 aromatic heterocycles. The summed E-state index contributed by atoms with van der Waals surface area (Å²) in [6.07, 6.45) is 0.281. The van der Waals surface area contributed by atoms with Crippen LogP contribution in [-0.2, 0) is 11.2 Å². The topological polar surface area (TPSA) is 119 Å². The van der Waals surface area contributed by atoms with Gasteiger partial charge in [-0.3, -0.25) is 4.79 Å². The Kier molecular flexibility index (Phi) is 3.53. The molecule has 2 aromatic carbocycles. The maximum absolute atomic E-state index is 11.0. The minimum atomic E-state index is -0.880. The quantitative estimate of drug-likeness (QED) is 0.568. The SMILES string of the molecule is COc1ccc2nn(-c3ccc4n[nH]nc4c3CCC(=O)O)nc2c1. The van der Waals surface area contributed by atoms with Crippen LogP contribution in [-0.4, -0.2) is 48.6 Å². The van der Waals surface area contributed by atoms with E-state index in [1.165, 1.54) is 4.80 Å². The molecule has 9 heteroatoms. The molecule has 0 saturated carbocycles. The molecule has 0 aliphatic carbocycles. The first-order chi connectivity index (χ1) is 12.2. The Labute approximate surface area is 141 Å². The number of aromatic amines is 1. The molecule has 0 amide bonds. The second-order valence-corrected chi connectivity index (χ2v) is 5.49.